The van der Waals surface area contributed by atoms with E-state index in [1.165, 1.54) is 7.11 Å². The minimum absolute atomic E-state index is 0.169. The molecule has 0 fully saturated rings. The highest BCUT2D eigenvalue weighted by Gasteiger charge is 2.01. The first kappa shape index (κ1) is 12.1. The van der Waals surface area contributed by atoms with Crippen molar-refractivity contribution in [2.45, 2.75) is 17.9 Å². The van der Waals surface area contributed by atoms with Gasteiger partial charge in [-0.05, 0) is 17.7 Å². The van der Waals surface area contributed by atoms with Gasteiger partial charge in [-0.1, -0.05) is 12.1 Å². The second-order valence-corrected chi connectivity index (χ2v) is 4.19. The summed E-state index contributed by atoms with van der Waals surface area (Å²) in [4.78, 5) is 12.0. The van der Waals surface area contributed by atoms with Gasteiger partial charge < -0.3 is 10.5 Å². The lowest BCUT2D eigenvalue weighted by atomic mass is 10.2. The van der Waals surface area contributed by atoms with Crippen LogP contribution in [0.15, 0.2) is 29.2 Å². The molecule has 0 heterocycles. The Morgan fingerprint density at radius 1 is 1.53 bits per heavy atom. The fourth-order valence-corrected chi connectivity index (χ4v) is 2.03. The first-order chi connectivity index (χ1) is 7.26. The fraction of sp³-hybridized carbons (Fsp3) is 0.364. The van der Waals surface area contributed by atoms with Gasteiger partial charge in [0.15, 0.2) is 0 Å². The summed E-state index contributed by atoms with van der Waals surface area (Å²) >= 11 is 1.64. The van der Waals surface area contributed by atoms with Crippen molar-refractivity contribution in [3.05, 3.63) is 29.8 Å². The van der Waals surface area contributed by atoms with Crippen molar-refractivity contribution >= 4 is 17.7 Å². The maximum Gasteiger partial charge on any atom is 0.306 e. The maximum absolute atomic E-state index is 10.9. The van der Waals surface area contributed by atoms with Crippen LogP contribution in [0, 0.1) is 0 Å². The van der Waals surface area contributed by atoms with Crippen molar-refractivity contribution in [3.63, 3.8) is 0 Å². The highest BCUT2D eigenvalue weighted by Crippen LogP contribution is 2.19. The minimum Gasteiger partial charge on any atom is -0.469 e. The average molecular weight is 225 g/mol. The Morgan fingerprint density at radius 3 is 3.00 bits per heavy atom. The number of methoxy groups -OCH3 is 1. The second kappa shape index (κ2) is 6.48. The van der Waals surface area contributed by atoms with Crippen LogP contribution in [0.1, 0.15) is 12.0 Å². The van der Waals surface area contributed by atoms with Gasteiger partial charge in [-0.15, -0.1) is 11.8 Å². The summed E-state index contributed by atoms with van der Waals surface area (Å²) in [5.74, 6) is 0.568. The zero-order valence-corrected chi connectivity index (χ0v) is 9.55. The summed E-state index contributed by atoms with van der Waals surface area (Å²) in [5.41, 5.74) is 6.64. The first-order valence-corrected chi connectivity index (χ1v) is 5.73. The van der Waals surface area contributed by atoms with Crippen molar-refractivity contribution < 1.29 is 9.53 Å². The molecule has 0 saturated carbocycles. The molecule has 1 aromatic carbocycles. The van der Waals surface area contributed by atoms with Crippen molar-refractivity contribution in [2.24, 2.45) is 5.73 Å². The predicted octanol–water partition coefficient (Wildman–Crippen LogP) is 1.80. The molecule has 3 nitrogen and oxygen atoms in total. The highest BCUT2D eigenvalue weighted by atomic mass is 32.2. The normalized spacial score (nSPS) is 10.0. The molecule has 0 unspecified atom stereocenters. The van der Waals surface area contributed by atoms with Crippen LogP contribution in [-0.2, 0) is 16.1 Å². The van der Waals surface area contributed by atoms with Crippen molar-refractivity contribution in [2.75, 3.05) is 12.9 Å². The molecule has 2 N–H and O–H groups in total. The lowest BCUT2D eigenvalue weighted by Crippen LogP contribution is -2.01. The third-order valence-corrected chi connectivity index (χ3v) is 2.93. The topological polar surface area (TPSA) is 52.3 Å². The minimum atomic E-state index is -0.169. The summed E-state index contributed by atoms with van der Waals surface area (Å²) < 4.78 is 4.56. The highest BCUT2D eigenvalue weighted by molar-refractivity contribution is 7.99. The van der Waals surface area contributed by atoms with Gasteiger partial charge in [-0.25, -0.2) is 0 Å². The van der Waals surface area contributed by atoms with E-state index in [0.29, 0.717) is 13.0 Å². The number of carbonyl (C=O) groups is 1. The van der Waals surface area contributed by atoms with Crippen LogP contribution >= 0.6 is 11.8 Å². The first-order valence-electron chi connectivity index (χ1n) is 4.75. The number of hydrogen-bond donors (Lipinski definition) is 1. The molecule has 0 aliphatic carbocycles. The van der Waals surface area contributed by atoms with Crippen molar-refractivity contribution in [3.8, 4) is 0 Å². The maximum atomic E-state index is 10.9. The van der Waals surface area contributed by atoms with Crippen LogP contribution in [-0.4, -0.2) is 18.8 Å². The molecule has 4 heteroatoms. The molecule has 0 amide bonds. The van der Waals surface area contributed by atoms with E-state index >= 15 is 0 Å². The van der Waals surface area contributed by atoms with Crippen molar-refractivity contribution in [1.82, 2.24) is 0 Å². The number of carbonyl (C=O) groups excluding carboxylic acids is 1. The third-order valence-electron chi connectivity index (χ3n) is 1.94. The predicted molar refractivity (Wildman–Crippen MR) is 61.7 cm³/mol. The molecule has 15 heavy (non-hydrogen) atoms. The molecule has 0 aromatic heterocycles. The Hall–Kier alpha value is -1.00. The second-order valence-electron chi connectivity index (χ2n) is 3.03. The Labute approximate surface area is 94.0 Å². The zero-order chi connectivity index (χ0) is 11.1. The molecule has 0 atom stereocenters. The Bertz CT molecular complexity index is 328. The summed E-state index contributed by atoms with van der Waals surface area (Å²) in [6.45, 7) is 0.547. The van der Waals surface area contributed by atoms with Crippen LogP contribution in [0.5, 0.6) is 0 Å². The summed E-state index contributed by atoms with van der Waals surface area (Å²) in [7, 11) is 1.40. The van der Waals surface area contributed by atoms with Crippen molar-refractivity contribution in [1.29, 1.82) is 0 Å². The Morgan fingerprint density at radius 2 is 2.33 bits per heavy atom. The van der Waals surface area contributed by atoms with Gasteiger partial charge in [0.1, 0.15) is 0 Å². The number of benzene rings is 1. The summed E-state index contributed by atoms with van der Waals surface area (Å²) in [5, 5.41) is 0. The quantitative estimate of drug-likeness (QED) is 0.613. The number of ether oxygens (including phenoxy) is 1. The molecule has 0 radical (unpaired) electrons. The molecule has 0 saturated heterocycles. The van der Waals surface area contributed by atoms with E-state index in [1.54, 1.807) is 11.8 Å². The number of rotatable bonds is 5. The average Bonchev–Trinajstić information content (AvgIpc) is 2.29. The Balaban J connectivity index is 2.40. The van der Waals surface area contributed by atoms with E-state index in [-0.39, 0.29) is 5.97 Å². The fourth-order valence-electron chi connectivity index (χ4n) is 1.12. The zero-order valence-electron chi connectivity index (χ0n) is 8.73. The monoisotopic (exact) mass is 225 g/mol. The van der Waals surface area contributed by atoms with Crippen LogP contribution < -0.4 is 5.73 Å². The van der Waals surface area contributed by atoms with Gasteiger partial charge in [-0.2, -0.15) is 0 Å². The number of nitrogens with two attached hydrogens (primary N) is 1. The SMILES string of the molecule is COC(=O)CCSc1cccc(CN)c1. The standard InChI is InChI=1S/C11H15NO2S/c1-14-11(13)5-6-15-10-4-2-3-9(7-10)8-12/h2-4,7H,5-6,8,12H2,1H3. The lowest BCUT2D eigenvalue weighted by Gasteiger charge is -2.02. The molecule has 0 aliphatic rings. The smallest absolute Gasteiger partial charge is 0.306 e. The van der Waals surface area contributed by atoms with Gasteiger partial charge in [0.2, 0.25) is 0 Å². The lowest BCUT2D eigenvalue weighted by molar-refractivity contribution is -0.140. The van der Waals surface area contributed by atoms with Gasteiger partial charge >= 0.3 is 5.97 Å². The van der Waals surface area contributed by atoms with E-state index in [0.717, 1.165) is 16.2 Å². The molecule has 1 aromatic rings. The molecule has 0 aliphatic heterocycles. The molecule has 0 bridgehead atoms. The largest absolute Gasteiger partial charge is 0.469 e. The molecule has 1 rings (SSSR count). The number of esters is 1. The van der Waals surface area contributed by atoms with Gasteiger partial charge in [0.25, 0.3) is 0 Å². The van der Waals surface area contributed by atoms with E-state index in [1.807, 2.05) is 24.3 Å². The van der Waals surface area contributed by atoms with Crippen LogP contribution in [0.4, 0.5) is 0 Å². The number of hydrogen-bond acceptors (Lipinski definition) is 4. The number of thioether (sulfide) groups is 1. The van der Waals surface area contributed by atoms with E-state index in [9.17, 15) is 4.79 Å². The van der Waals surface area contributed by atoms with Crippen LogP contribution in [0.25, 0.3) is 0 Å². The molecule has 0 spiro atoms. The molecular formula is C11H15NO2S. The molecular weight excluding hydrogens is 210 g/mol. The molecule has 82 valence electrons. The third kappa shape index (κ3) is 4.36. The van der Waals surface area contributed by atoms with E-state index < -0.39 is 0 Å². The summed E-state index contributed by atoms with van der Waals surface area (Å²) in [6, 6.07) is 8.02. The Kier molecular flexibility index (Phi) is 5.21. The van der Waals surface area contributed by atoms with Crippen LogP contribution in [0.2, 0.25) is 0 Å². The van der Waals surface area contributed by atoms with E-state index in [4.69, 9.17) is 5.73 Å². The van der Waals surface area contributed by atoms with Gasteiger partial charge in [0.05, 0.1) is 13.5 Å². The van der Waals surface area contributed by atoms with Crippen LogP contribution in [0.3, 0.4) is 0 Å². The van der Waals surface area contributed by atoms with Gasteiger partial charge in [0, 0.05) is 17.2 Å². The van der Waals surface area contributed by atoms with E-state index in [2.05, 4.69) is 4.74 Å². The van der Waals surface area contributed by atoms with Gasteiger partial charge in [-0.3, -0.25) is 4.79 Å². The summed E-state index contributed by atoms with van der Waals surface area (Å²) in [6.07, 6.45) is 0.439.